The van der Waals surface area contributed by atoms with E-state index in [1.807, 2.05) is 19.1 Å². The van der Waals surface area contributed by atoms with E-state index in [1.54, 1.807) is 36.4 Å². The number of carbonyl (C=O) groups excluding carboxylic acids is 3. The van der Waals surface area contributed by atoms with Gasteiger partial charge in [0.1, 0.15) is 5.75 Å². The minimum Gasteiger partial charge on any atom is -0.483 e. The number of ketones is 1. The van der Waals surface area contributed by atoms with Crippen LogP contribution in [0, 0.1) is 6.92 Å². The van der Waals surface area contributed by atoms with Crippen molar-refractivity contribution in [1.29, 1.82) is 0 Å². The number of carbonyl (C=O) groups is 3. The van der Waals surface area contributed by atoms with E-state index in [9.17, 15) is 14.4 Å². The van der Waals surface area contributed by atoms with Crippen molar-refractivity contribution < 1.29 is 19.1 Å². The molecule has 0 radical (unpaired) electrons. The Bertz CT molecular complexity index is 780. The van der Waals surface area contributed by atoms with Gasteiger partial charge in [-0.05, 0) is 19.1 Å². The molecule has 0 saturated carbocycles. The number of amides is 2. The lowest BCUT2D eigenvalue weighted by molar-refractivity contribution is -0.129. The molecule has 116 valence electrons. The van der Waals surface area contributed by atoms with Crippen LogP contribution in [0.5, 0.6) is 5.75 Å². The van der Waals surface area contributed by atoms with Gasteiger partial charge in [-0.15, -0.1) is 0 Å². The van der Waals surface area contributed by atoms with Crippen LogP contribution in [0.1, 0.15) is 26.3 Å². The van der Waals surface area contributed by atoms with Gasteiger partial charge < -0.3 is 4.74 Å². The van der Waals surface area contributed by atoms with E-state index in [-0.39, 0.29) is 24.5 Å². The molecule has 3 rings (SSSR count). The number of hydrogen-bond donors (Lipinski definition) is 0. The van der Waals surface area contributed by atoms with Crippen molar-refractivity contribution in [2.45, 2.75) is 6.92 Å². The summed E-state index contributed by atoms with van der Waals surface area (Å²) in [5.74, 6) is -0.961. The van der Waals surface area contributed by atoms with Crippen LogP contribution in [-0.4, -0.2) is 35.6 Å². The fraction of sp³-hybridized carbons (Fsp3) is 0.167. The molecule has 1 aliphatic heterocycles. The Morgan fingerprint density at radius 1 is 1.09 bits per heavy atom. The number of rotatable bonds is 3. The van der Waals surface area contributed by atoms with E-state index in [0.717, 1.165) is 10.5 Å². The molecule has 0 bridgehead atoms. The van der Waals surface area contributed by atoms with Crippen LogP contribution in [0.3, 0.4) is 0 Å². The Morgan fingerprint density at radius 2 is 1.78 bits per heavy atom. The van der Waals surface area contributed by atoms with Crippen LogP contribution in [0.4, 0.5) is 0 Å². The maximum absolute atomic E-state index is 12.5. The van der Waals surface area contributed by atoms with Crippen LogP contribution in [0.15, 0.2) is 48.5 Å². The van der Waals surface area contributed by atoms with E-state index < -0.39 is 11.8 Å². The molecule has 1 aliphatic rings. The molecular weight excluding hydrogens is 294 g/mol. The number of nitrogens with zero attached hydrogens (tertiary/aromatic N) is 1. The minimum absolute atomic E-state index is 0.260. The van der Waals surface area contributed by atoms with Gasteiger partial charge in [-0.2, -0.15) is 0 Å². The lowest BCUT2D eigenvalue weighted by Gasteiger charge is -2.17. The fourth-order valence-corrected chi connectivity index (χ4v) is 2.38. The second-order valence-electron chi connectivity index (χ2n) is 5.36. The Morgan fingerprint density at radius 3 is 2.52 bits per heavy atom. The van der Waals surface area contributed by atoms with Crippen molar-refractivity contribution in [3.05, 3.63) is 65.2 Å². The first-order valence-electron chi connectivity index (χ1n) is 7.22. The lowest BCUT2D eigenvalue weighted by Crippen LogP contribution is -2.41. The highest BCUT2D eigenvalue weighted by Gasteiger charge is 2.30. The zero-order valence-electron chi connectivity index (χ0n) is 12.6. The molecule has 0 aromatic heterocycles. The van der Waals surface area contributed by atoms with Crippen LogP contribution >= 0.6 is 0 Å². The molecule has 0 unspecified atom stereocenters. The maximum Gasteiger partial charge on any atom is 0.267 e. The molecule has 0 aliphatic carbocycles. The number of aryl methyl sites for hydroxylation is 1. The van der Waals surface area contributed by atoms with Gasteiger partial charge >= 0.3 is 0 Å². The molecule has 5 heteroatoms. The quantitative estimate of drug-likeness (QED) is 0.644. The molecule has 1 heterocycles. The fourth-order valence-electron chi connectivity index (χ4n) is 2.38. The number of Topliss-reactive ketones (excluding diaryl/α,β-unsaturated/α-hetero) is 1. The average molecular weight is 309 g/mol. The van der Waals surface area contributed by atoms with Crippen molar-refractivity contribution in [2.24, 2.45) is 0 Å². The molecule has 0 saturated heterocycles. The van der Waals surface area contributed by atoms with E-state index in [1.165, 1.54) is 0 Å². The summed E-state index contributed by atoms with van der Waals surface area (Å²) in [6.07, 6.45) is 0. The summed E-state index contributed by atoms with van der Waals surface area (Å²) < 4.78 is 5.34. The summed E-state index contributed by atoms with van der Waals surface area (Å²) in [5, 5.41) is 0. The summed E-state index contributed by atoms with van der Waals surface area (Å²) in [5.41, 5.74) is 1.79. The molecule has 0 atom stereocenters. The first-order valence-corrected chi connectivity index (χ1v) is 7.22. The van der Waals surface area contributed by atoms with Crippen LogP contribution in [-0.2, 0) is 4.79 Å². The highest BCUT2D eigenvalue weighted by Crippen LogP contribution is 2.23. The minimum atomic E-state index is -0.522. The standard InChI is InChI=1S/C18H15NO4/c1-12-6-8-13(9-7-12)15(20)10-19-17(21)11-23-16-5-3-2-4-14(16)18(19)22/h2-9H,10-11H2,1H3. The zero-order valence-corrected chi connectivity index (χ0v) is 12.6. The molecule has 0 spiro atoms. The SMILES string of the molecule is Cc1ccc(C(=O)CN2C(=O)COc3ccccc3C2=O)cc1. The van der Waals surface area contributed by atoms with Gasteiger partial charge in [0.2, 0.25) is 0 Å². The summed E-state index contributed by atoms with van der Waals surface area (Å²) in [6, 6.07) is 13.6. The van der Waals surface area contributed by atoms with Crippen LogP contribution in [0.25, 0.3) is 0 Å². The number of hydrogen-bond acceptors (Lipinski definition) is 4. The summed E-state index contributed by atoms with van der Waals surface area (Å²) in [6.45, 7) is 1.37. The Kier molecular flexibility index (Phi) is 3.93. The first-order chi connectivity index (χ1) is 11.1. The molecule has 23 heavy (non-hydrogen) atoms. The summed E-state index contributed by atoms with van der Waals surface area (Å²) in [7, 11) is 0. The number of para-hydroxylation sites is 1. The summed E-state index contributed by atoms with van der Waals surface area (Å²) >= 11 is 0. The highest BCUT2D eigenvalue weighted by atomic mass is 16.5. The smallest absolute Gasteiger partial charge is 0.267 e. The number of fused-ring (bicyclic) bond motifs is 1. The molecular formula is C18H15NO4. The number of ether oxygens (including phenoxy) is 1. The monoisotopic (exact) mass is 309 g/mol. The maximum atomic E-state index is 12.5. The van der Waals surface area contributed by atoms with E-state index >= 15 is 0 Å². The molecule has 5 nitrogen and oxygen atoms in total. The normalized spacial score (nSPS) is 14.0. The van der Waals surface area contributed by atoms with Gasteiger partial charge in [-0.3, -0.25) is 19.3 Å². The van der Waals surface area contributed by atoms with Gasteiger partial charge in [0.05, 0.1) is 12.1 Å². The second-order valence-corrected chi connectivity index (χ2v) is 5.36. The van der Waals surface area contributed by atoms with Crippen molar-refractivity contribution in [2.75, 3.05) is 13.2 Å². The van der Waals surface area contributed by atoms with Gasteiger partial charge in [-0.1, -0.05) is 42.0 Å². The molecule has 0 N–H and O–H groups in total. The topological polar surface area (TPSA) is 63.7 Å². The number of benzene rings is 2. The van der Waals surface area contributed by atoms with Crippen LogP contribution < -0.4 is 4.74 Å². The lowest BCUT2D eigenvalue weighted by atomic mass is 10.1. The van der Waals surface area contributed by atoms with Gasteiger partial charge in [0.25, 0.3) is 11.8 Å². The van der Waals surface area contributed by atoms with E-state index in [0.29, 0.717) is 11.3 Å². The van der Waals surface area contributed by atoms with Crippen LogP contribution in [0.2, 0.25) is 0 Å². The Hall–Kier alpha value is -2.95. The van der Waals surface area contributed by atoms with Crippen molar-refractivity contribution >= 4 is 17.6 Å². The summed E-state index contributed by atoms with van der Waals surface area (Å²) in [4.78, 5) is 38.0. The largest absolute Gasteiger partial charge is 0.483 e. The molecule has 2 amide bonds. The third-order valence-electron chi connectivity index (χ3n) is 3.69. The Balaban J connectivity index is 1.86. The molecule has 2 aromatic carbocycles. The van der Waals surface area contributed by atoms with E-state index in [2.05, 4.69) is 0 Å². The predicted molar refractivity (Wildman–Crippen MR) is 83.5 cm³/mol. The first kappa shape index (κ1) is 15.0. The van der Waals surface area contributed by atoms with Gasteiger partial charge in [-0.25, -0.2) is 0 Å². The zero-order chi connectivity index (χ0) is 16.4. The van der Waals surface area contributed by atoms with E-state index in [4.69, 9.17) is 4.74 Å². The van der Waals surface area contributed by atoms with Crippen molar-refractivity contribution in [1.82, 2.24) is 4.90 Å². The van der Waals surface area contributed by atoms with Gasteiger partial charge in [0.15, 0.2) is 12.4 Å². The molecule has 0 fully saturated rings. The highest BCUT2D eigenvalue weighted by molar-refractivity contribution is 6.11. The predicted octanol–water partition coefficient (Wildman–Crippen LogP) is 2.24. The third-order valence-corrected chi connectivity index (χ3v) is 3.69. The molecule has 2 aromatic rings. The average Bonchev–Trinajstić information content (AvgIpc) is 2.68. The third kappa shape index (κ3) is 2.99. The van der Waals surface area contributed by atoms with Gasteiger partial charge in [0, 0.05) is 5.56 Å². The Labute approximate surface area is 133 Å². The van der Waals surface area contributed by atoms with Crippen molar-refractivity contribution in [3.8, 4) is 5.75 Å². The number of imide groups is 1. The second kappa shape index (κ2) is 6.04. The van der Waals surface area contributed by atoms with Crippen molar-refractivity contribution in [3.63, 3.8) is 0 Å².